The highest BCUT2D eigenvalue weighted by Gasteiger charge is 2.18. The molecule has 1 N–H and O–H groups in total. The molecule has 4 aromatic rings. The van der Waals surface area contributed by atoms with Crippen molar-refractivity contribution in [1.29, 1.82) is 0 Å². The van der Waals surface area contributed by atoms with Crippen molar-refractivity contribution in [3.05, 3.63) is 70.5 Å². The third-order valence-corrected chi connectivity index (χ3v) is 5.56. The number of hydrogen-bond acceptors (Lipinski definition) is 6. The molecule has 0 spiro atoms. The first-order valence-electron chi connectivity index (χ1n) is 10.3. The third-order valence-electron chi connectivity index (χ3n) is 5.56. The van der Waals surface area contributed by atoms with Crippen LogP contribution in [-0.4, -0.2) is 35.8 Å². The minimum Gasteiger partial charge on any atom is -0.476 e. The zero-order chi connectivity index (χ0) is 22.0. The second-order valence-corrected chi connectivity index (χ2v) is 7.87. The monoisotopic (exact) mass is 421 g/mol. The highest BCUT2D eigenvalue weighted by Crippen LogP contribution is 2.23. The summed E-state index contributed by atoms with van der Waals surface area (Å²) < 4.78 is 10.8. The van der Waals surface area contributed by atoms with Gasteiger partial charge in [-0.1, -0.05) is 19.9 Å². The Balaban J connectivity index is 1.44. The number of fused-ring (bicyclic) bond motifs is 1. The predicted octanol–water partition coefficient (Wildman–Crippen LogP) is 2.59. The lowest BCUT2D eigenvalue weighted by molar-refractivity contribution is 0.227. The van der Waals surface area contributed by atoms with Crippen LogP contribution in [0.5, 0.6) is 5.88 Å². The lowest BCUT2D eigenvalue weighted by Gasteiger charge is -2.18. The third kappa shape index (κ3) is 4.45. The summed E-state index contributed by atoms with van der Waals surface area (Å²) in [6.45, 7) is 5.19. The van der Waals surface area contributed by atoms with Gasteiger partial charge < -0.3 is 10.1 Å². The van der Waals surface area contributed by atoms with E-state index < -0.39 is 0 Å². The Labute approximate surface area is 180 Å². The summed E-state index contributed by atoms with van der Waals surface area (Å²) >= 11 is 0. The molecule has 4 rings (SSSR count). The number of ether oxygens (including phenoxy) is 1. The number of aromatic nitrogens is 6. The van der Waals surface area contributed by atoms with E-state index in [-0.39, 0.29) is 17.4 Å². The molecular formula is C22H27N7O2. The van der Waals surface area contributed by atoms with Gasteiger partial charge in [-0.2, -0.15) is 10.2 Å². The number of hydrogen-bond donors (Lipinski definition) is 1. The van der Waals surface area contributed by atoms with Gasteiger partial charge in [-0.05, 0) is 24.1 Å². The molecule has 2 atom stereocenters. The van der Waals surface area contributed by atoms with E-state index in [1.807, 2.05) is 43.7 Å². The minimum atomic E-state index is -0.210. The molecule has 31 heavy (non-hydrogen) atoms. The molecule has 162 valence electrons. The second kappa shape index (κ2) is 8.63. The summed E-state index contributed by atoms with van der Waals surface area (Å²) in [5.74, 6) is 0.871. The zero-order valence-corrected chi connectivity index (χ0v) is 18.2. The van der Waals surface area contributed by atoms with Crippen LogP contribution in [0.4, 0.5) is 5.69 Å². The van der Waals surface area contributed by atoms with Crippen LogP contribution in [0.25, 0.3) is 5.52 Å². The van der Waals surface area contributed by atoms with Crippen molar-refractivity contribution in [3.63, 3.8) is 0 Å². The van der Waals surface area contributed by atoms with Gasteiger partial charge in [-0.15, -0.1) is 5.10 Å². The van der Waals surface area contributed by atoms with E-state index in [0.717, 1.165) is 16.8 Å². The Hall–Kier alpha value is -3.62. The number of nitrogens with zero attached hydrogens (tertiary/aromatic N) is 6. The average molecular weight is 422 g/mol. The zero-order valence-electron chi connectivity index (χ0n) is 18.2. The SMILES string of the molecule is C[C@H](COc1cc(NCc2cnn3ccccc23)c(=O)n(C)n1)[C@H](C)c1ccn(C)n1. The van der Waals surface area contributed by atoms with Gasteiger partial charge in [-0.3, -0.25) is 9.48 Å². The Morgan fingerprint density at radius 2 is 1.97 bits per heavy atom. The minimum absolute atomic E-state index is 0.210. The number of pyridine rings is 1. The van der Waals surface area contributed by atoms with Crippen LogP contribution in [0.3, 0.4) is 0 Å². The fraction of sp³-hybridized carbons (Fsp3) is 0.364. The molecule has 0 aliphatic heterocycles. The first-order chi connectivity index (χ1) is 14.9. The summed E-state index contributed by atoms with van der Waals surface area (Å²) in [5.41, 5.74) is 3.25. The first-order valence-corrected chi connectivity index (χ1v) is 10.3. The number of aryl methyl sites for hydroxylation is 2. The van der Waals surface area contributed by atoms with E-state index in [9.17, 15) is 4.79 Å². The summed E-state index contributed by atoms with van der Waals surface area (Å²) in [7, 11) is 3.53. The van der Waals surface area contributed by atoms with Crippen LogP contribution >= 0.6 is 0 Å². The van der Waals surface area contributed by atoms with Crippen molar-refractivity contribution < 1.29 is 4.74 Å². The van der Waals surface area contributed by atoms with Gasteiger partial charge in [0.15, 0.2) is 0 Å². The van der Waals surface area contributed by atoms with Gasteiger partial charge >= 0.3 is 0 Å². The van der Waals surface area contributed by atoms with E-state index in [0.29, 0.717) is 24.7 Å². The summed E-state index contributed by atoms with van der Waals surface area (Å²) in [4.78, 5) is 12.5. The Morgan fingerprint density at radius 3 is 2.74 bits per heavy atom. The van der Waals surface area contributed by atoms with Crippen molar-refractivity contribution >= 4 is 11.2 Å². The predicted molar refractivity (Wildman–Crippen MR) is 118 cm³/mol. The van der Waals surface area contributed by atoms with Gasteiger partial charge in [-0.25, -0.2) is 9.20 Å². The molecule has 9 heteroatoms. The van der Waals surface area contributed by atoms with Gasteiger partial charge in [0.2, 0.25) is 5.88 Å². The fourth-order valence-electron chi connectivity index (χ4n) is 3.42. The molecule has 0 bridgehead atoms. The molecule has 0 aromatic carbocycles. The van der Waals surface area contributed by atoms with Crippen molar-refractivity contribution in [1.82, 2.24) is 29.2 Å². The van der Waals surface area contributed by atoms with Crippen LogP contribution in [0.2, 0.25) is 0 Å². The van der Waals surface area contributed by atoms with E-state index in [2.05, 4.69) is 34.5 Å². The molecule has 9 nitrogen and oxygen atoms in total. The van der Waals surface area contributed by atoms with Crippen LogP contribution < -0.4 is 15.6 Å². The number of nitrogens with one attached hydrogen (secondary N) is 1. The van der Waals surface area contributed by atoms with Gasteiger partial charge in [0, 0.05) is 50.6 Å². The van der Waals surface area contributed by atoms with Crippen LogP contribution in [-0.2, 0) is 20.6 Å². The number of rotatable bonds is 8. The Bertz CT molecular complexity index is 1240. The average Bonchev–Trinajstić information content (AvgIpc) is 3.39. The topological polar surface area (TPSA) is 91.3 Å². The van der Waals surface area contributed by atoms with Crippen LogP contribution in [0, 0.1) is 5.92 Å². The summed E-state index contributed by atoms with van der Waals surface area (Å²) in [6, 6.07) is 9.56. The number of anilines is 1. The molecule has 0 radical (unpaired) electrons. The lowest BCUT2D eigenvalue weighted by atomic mass is 9.94. The van der Waals surface area contributed by atoms with Crippen molar-refractivity contribution in [2.45, 2.75) is 26.3 Å². The first kappa shape index (κ1) is 20.6. The van der Waals surface area contributed by atoms with Gasteiger partial charge in [0.25, 0.3) is 5.56 Å². The Morgan fingerprint density at radius 1 is 1.13 bits per heavy atom. The maximum Gasteiger partial charge on any atom is 0.290 e. The van der Waals surface area contributed by atoms with E-state index >= 15 is 0 Å². The van der Waals surface area contributed by atoms with Gasteiger partial charge in [0.1, 0.15) is 5.69 Å². The molecule has 4 aromatic heterocycles. The van der Waals surface area contributed by atoms with Crippen molar-refractivity contribution in [3.8, 4) is 5.88 Å². The summed E-state index contributed by atoms with van der Waals surface area (Å²) in [6.07, 6.45) is 5.63. The van der Waals surface area contributed by atoms with Gasteiger partial charge in [0.05, 0.1) is 24.0 Å². The highest BCUT2D eigenvalue weighted by molar-refractivity contribution is 5.55. The molecule has 0 saturated carbocycles. The van der Waals surface area contributed by atoms with Crippen LogP contribution in [0.15, 0.2) is 53.7 Å². The molecule has 0 aliphatic rings. The second-order valence-electron chi connectivity index (χ2n) is 7.87. The quantitative estimate of drug-likeness (QED) is 0.470. The smallest absolute Gasteiger partial charge is 0.290 e. The van der Waals surface area contributed by atoms with E-state index in [1.165, 1.54) is 4.68 Å². The van der Waals surface area contributed by atoms with Crippen LogP contribution in [0.1, 0.15) is 31.0 Å². The maximum atomic E-state index is 12.5. The molecule has 0 saturated heterocycles. The normalized spacial score (nSPS) is 13.3. The standard InChI is InChI=1S/C22H27N7O2/c1-15(16(2)18-8-10-27(3)25-18)14-31-21-11-19(22(30)28(4)26-21)23-12-17-13-24-29-9-6-5-7-20(17)29/h5-11,13,15-16,23H,12,14H2,1-4H3/t15-,16+/m1/s1. The molecule has 0 fully saturated rings. The highest BCUT2D eigenvalue weighted by atomic mass is 16.5. The Kier molecular flexibility index (Phi) is 5.75. The molecule has 4 heterocycles. The van der Waals surface area contributed by atoms with Crippen molar-refractivity contribution in [2.75, 3.05) is 11.9 Å². The molecule has 0 aliphatic carbocycles. The molecule has 0 amide bonds. The molecular weight excluding hydrogens is 394 g/mol. The van der Waals surface area contributed by atoms with E-state index in [4.69, 9.17) is 4.74 Å². The molecule has 0 unspecified atom stereocenters. The van der Waals surface area contributed by atoms with Crippen molar-refractivity contribution in [2.24, 2.45) is 20.0 Å². The van der Waals surface area contributed by atoms with E-state index in [1.54, 1.807) is 28.5 Å². The summed E-state index contributed by atoms with van der Waals surface area (Å²) in [5, 5.41) is 16.3. The largest absolute Gasteiger partial charge is 0.476 e. The lowest BCUT2D eigenvalue weighted by Crippen LogP contribution is -2.24. The maximum absolute atomic E-state index is 12.5. The fourth-order valence-corrected chi connectivity index (χ4v) is 3.42.